The van der Waals surface area contributed by atoms with Gasteiger partial charge in [-0.25, -0.2) is 9.97 Å². The van der Waals surface area contributed by atoms with E-state index in [1.807, 2.05) is 30.3 Å². The van der Waals surface area contributed by atoms with Crippen molar-refractivity contribution in [3.63, 3.8) is 0 Å². The van der Waals surface area contributed by atoms with Gasteiger partial charge in [-0.3, -0.25) is 0 Å². The van der Waals surface area contributed by atoms with Crippen molar-refractivity contribution in [3.05, 3.63) is 205 Å². The van der Waals surface area contributed by atoms with E-state index in [4.69, 9.17) is 14.4 Å². The topological polar surface area (TPSA) is 38.9 Å². The zero-order valence-corrected chi connectivity index (χ0v) is 32.3. The van der Waals surface area contributed by atoms with Crippen LogP contribution in [-0.2, 0) is 5.41 Å². The smallest absolute Gasteiger partial charge is 0.160 e. The maximum atomic E-state index is 6.38. The summed E-state index contributed by atoms with van der Waals surface area (Å²) in [5, 5.41) is 2.23. The molecule has 1 aliphatic rings. The van der Waals surface area contributed by atoms with E-state index in [1.54, 1.807) is 0 Å². The molecule has 0 unspecified atom stereocenters. The molecule has 2 heterocycles. The van der Waals surface area contributed by atoms with E-state index in [1.165, 1.54) is 33.4 Å². The molecule has 58 heavy (non-hydrogen) atoms. The van der Waals surface area contributed by atoms with Gasteiger partial charge in [0.1, 0.15) is 11.2 Å². The maximum Gasteiger partial charge on any atom is 0.160 e. The molecule has 0 aliphatic heterocycles. The summed E-state index contributed by atoms with van der Waals surface area (Å²) in [6.45, 7) is 4.65. The second kappa shape index (κ2) is 13.4. The van der Waals surface area contributed by atoms with Crippen LogP contribution in [0.25, 0.3) is 100 Å². The van der Waals surface area contributed by atoms with Crippen molar-refractivity contribution >= 4 is 21.9 Å². The fourth-order valence-electron chi connectivity index (χ4n) is 8.85. The molecule has 8 aromatic carbocycles. The van der Waals surface area contributed by atoms with Crippen molar-refractivity contribution in [2.45, 2.75) is 19.3 Å². The quantitative estimate of drug-likeness (QED) is 0.170. The van der Waals surface area contributed by atoms with Crippen LogP contribution in [0.4, 0.5) is 0 Å². The van der Waals surface area contributed by atoms with Crippen molar-refractivity contribution < 1.29 is 4.42 Å². The Bertz CT molecular complexity index is 3190. The van der Waals surface area contributed by atoms with Crippen LogP contribution < -0.4 is 0 Å². The highest BCUT2D eigenvalue weighted by atomic mass is 16.3. The number of benzene rings is 8. The van der Waals surface area contributed by atoms with Crippen LogP contribution in [0.2, 0.25) is 0 Å². The molecule has 0 fully saturated rings. The fourth-order valence-corrected chi connectivity index (χ4v) is 8.85. The zero-order valence-electron chi connectivity index (χ0n) is 32.3. The molecule has 11 rings (SSSR count). The third-order valence-corrected chi connectivity index (χ3v) is 11.9. The van der Waals surface area contributed by atoms with E-state index in [2.05, 4.69) is 178 Å². The summed E-state index contributed by atoms with van der Waals surface area (Å²) < 4.78 is 6.38. The summed E-state index contributed by atoms with van der Waals surface area (Å²) >= 11 is 0. The molecule has 0 saturated carbocycles. The van der Waals surface area contributed by atoms with Gasteiger partial charge in [0.25, 0.3) is 0 Å². The summed E-state index contributed by atoms with van der Waals surface area (Å²) in [5.41, 5.74) is 18.5. The predicted molar refractivity (Wildman–Crippen MR) is 239 cm³/mol. The van der Waals surface area contributed by atoms with Gasteiger partial charge in [-0.05, 0) is 110 Å². The number of hydrogen-bond donors (Lipinski definition) is 0. The summed E-state index contributed by atoms with van der Waals surface area (Å²) in [6, 6.07) is 69.1. The Morgan fingerprint density at radius 2 is 0.897 bits per heavy atom. The molecule has 2 aromatic heterocycles. The lowest BCUT2D eigenvalue weighted by atomic mass is 9.82. The van der Waals surface area contributed by atoms with Gasteiger partial charge in [-0.1, -0.05) is 153 Å². The van der Waals surface area contributed by atoms with Crippen LogP contribution >= 0.6 is 0 Å². The Hall–Kier alpha value is -7.36. The van der Waals surface area contributed by atoms with E-state index in [9.17, 15) is 0 Å². The Morgan fingerprint density at radius 3 is 1.69 bits per heavy atom. The van der Waals surface area contributed by atoms with E-state index < -0.39 is 0 Å². The molecule has 0 spiro atoms. The minimum Gasteiger partial charge on any atom is -0.456 e. The van der Waals surface area contributed by atoms with Crippen molar-refractivity contribution in [1.82, 2.24) is 9.97 Å². The summed E-state index contributed by atoms with van der Waals surface area (Å²) in [7, 11) is 0. The first-order valence-electron chi connectivity index (χ1n) is 19.9. The highest BCUT2D eigenvalue weighted by molar-refractivity contribution is 6.06. The summed E-state index contributed by atoms with van der Waals surface area (Å²) in [5.74, 6) is 0.692. The van der Waals surface area contributed by atoms with Gasteiger partial charge in [-0.15, -0.1) is 0 Å². The number of furan rings is 1. The molecule has 0 bridgehead atoms. The number of para-hydroxylation sites is 1. The van der Waals surface area contributed by atoms with E-state index in [-0.39, 0.29) is 5.41 Å². The predicted octanol–water partition coefficient (Wildman–Crippen LogP) is 14.7. The molecule has 0 N–H and O–H groups in total. The fraction of sp³-hybridized carbons (Fsp3) is 0.0545. The monoisotopic (exact) mass is 742 g/mol. The lowest BCUT2D eigenvalue weighted by Crippen LogP contribution is -2.14. The van der Waals surface area contributed by atoms with Crippen LogP contribution in [-0.4, -0.2) is 9.97 Å². The minimum atomic E-state index is -0.126. The van der Waals surface area contributed by atoms with E-state index in [0.717, 1.165) is 72.3 Å². The standard InChI is InChI=1S/C55H38N2O/c1-55(2)48-22-11-9-20-44(48)45-26-25-40(32-49(45)55)50-34-51(57-54(56-50)36-16-7-4-8-17-36)43-30-41(38-19-13-18-37(28-38)35-14-5-3-6-15-35)29-42(31-43)39-24-27-47-46-21-10-12-23-52(46)58-53(47)33-39/h3-34H,1-2H3. The van der Waals surface area contributed by atoms with E-state index in [0.29, 0.717) is 5.82 Å². The molecule has 3 heteroatoms. The second-order valence-electron chi connectivity index (χ2n) is 15.8. The Morgan fingerprint density at radius 1 is 0.345 bits per heavy atom. The Kier molecular flexibility index (Phi) is 7.84. The average Bonchev–Trinajstić information content (AvgIpc) is 3.77. The average molecular weight is 743 g/mol. The SMILES string of the molecule is CC1(C)c2ccccc2-c2ccc(-c3cc(-c4cc(-c5cccc(-c6ccccc6)c5)cc(-c5ccc6c(c5)oc5ccccc56)c4)nc(-c4ccccc4)n3)cc21. The number of nitrogens with zero attached hydrogens (tertiary/aromatic N) is 2. The van der Waals surface area contributed by atoms with Crippen LogP contribution in [0.3, 0.4) is 0 Å². The molecule has 1 aliphatic carbocycles. The van der Waals surface area contributed by atoms with Crippen molar-refractivity contribution in [1.29, 1.82) is 0 Å². The number of rotatable bonds is 6. The van der Waals surface area contributed by atoms with Gasteiger partial charge in [0.15, 0.2) is 5.82 Å². The maximum absolute atomic E-state index is 6.38. The van der Waals surface area contributed by atoms with Crippen LogP contribution in [0, 0.1) is 0 Å². The van der Waals surface area contributed by atoms with Gasteiger partial charge in [-0.2, -0.15) is 0 Å². The molecule has 3 nitrogen and oxygen atoms in total. The second-order valence-corrected chi connectivity index (χ2v) is 15.8. The molecule has 274 valence electrons. The number of fused-ring (bicyclic) bond motifs is 6. The normalized spacial score (nSPS) is 12.8. The minimum absolute atomic E-state index is 0.126. The largest absolute Gasteiger partial charge is 0.456 e. The third kappa shape index (κ3) is 5.74. The highest BCUT2D eigenvalue weighted by Gasteiger charge is 2.35. The lowest BCUT2D eigenvalue weighted by Gasteiger charge is -2.22. The third-order valence-electron chi connectivity index (χ3n) is 11.9. The van der Waals surface area contributed by atoms with Gasteiger partial charge < -0.3 is 4.42 Å². The summed E-state index contributed by atoms with van der Waals surface area (Å²) in [4.78, 5) is 10.6. The van der Waals surface area contributed by atoms with E-state index >= 15 is 0 Å². The molecule has 0 atom stereocenters. The van der Waals surface area contributed by atoms with Crippen molar-refractivity contribution in [2.24, 2.45) is 0 Å². The van der Waals surface area contributed by atoms with Gasteiger partial charge in [0.05, 0.1) is 11.4 Å². The molecular formula is C55H38N2O. The highest BCUT2D eigenvalue weighted by Crippen LogP contribution is 2.49. The van der Waals surface area contributed by atoms with Crippen molar-refractivity contribution in [3.8, 4) is 78.4 Å². The number of hydrogen-bond acceptors (Lipinski definition) is 3. The molecule has 0 amide bonds. The van der Waals surface area contributed by atoms with Crippen LogP contribution in [0.1, 0.15) is 25.0 Å². The molecular weight excluding hydrogens is 705 g/mol. The molecule has 0 radical (unpaired) electrons. The number of aromatic nitrogens is 2. The first kappa shape index (κ1) is 33.9. The van der Waals surface area contributed by atoms with Gasteiger partial charge in [0, 0.05) is 32.9 Å². The first-order chi connectivity index (χ1) is 28.5. The lowest BCUT2D eigenvalue weighted by molar-refractivity contribution is 0.660. The zero-order chi connectivity index (χ0) is 38.8. The molecule has 0 saturated heterocycles. The van der Waals surface area contributed by atoms with Gasteiger partial charge >= 0.3 is 0 Å². The van der Waals surface area contributed by atoms with Crippen LogP contribution in [0.5, 0.6) is 0 Å². The Balaban J connectivity index is 1.11. The van der Waals surface area contributed by atoms with Crippen LogP contribution in [0.15, 0.2) is 199 Å². The molecule has 10 aromatic rings. The summed E-state index contributed by atoms with van der Waals surface area (Å²) in [6.07, 6.45) is 0. The first-order valence-corrected chi connectivity index (χ1v) is 19.9. The van der Waals surface area contributed by atoms with Gasteiger partial charge in [0.2, 0.25) is 0 Å². The Labute approximate surface area is 338 Å². The van der Waals surface area contributed by atoms with Crippen molar-refractivity contribution in [2.75, 3.05) is 0 Å².